The molecule has 1 aromatic carbocycles. The molecule has 2 aromatic rings. The molecular formula is C20H26N2O. The van der Waals surface area contributed by atoms with Crippen molar-refractivity contribution in [3.05, 3.63) is 58.4 Å². The number of benzene rings is 1. The first-order valence-corrected chi connectivity index (χ1v) is 8.53. The van der Waals surface area contributed by atoms with Crippen molar-refractivity contribution < 1.29 is 4.79 Å². The average molecular weight is 310 g/mol. The van der Waals surface area contributed by atoms with E-state index in [-0.39, 0.29) is 5.91 Å². The largest absolute Gasteiger partial charge is 0.348 e. The van der Waals surface area contributed by atoms with E-state index in [9.17, 15) is 4.79 Å². The number of hydrogen-bond acceptors (Lipinski definition) is 1. The summed E-state index contributed by atoms with van der Waals surface area (Å²) in [6, 6.07) is 10.8. The number of hydrogen-bond donors (Lipinski definition) is 1. The molecule has 1 aromatic heterocycles. The molecule has 1 saturated carbocycles. The zero-order chi connectivity index (χ0) is 16.6. The van der Waals surface area contributed by atoms with Crippen LogP contribution in [0.15, 0.2) is 30.3 Å². The van der Waals surface area contributed by atoms with Crippen LogP contribution >= 0.6 is 0 Å². The van der Waals surface area contributed by atoms with Crippen LogP contribution < -0.4 is 5.32 Å². The molecule has 122 valence electrons. The molecule has 0 spiro atoms. The van der Waals surface area contributed by atoms with Crippen LogP contribution in [0.25, 0.3) is 0 Å². The Morgan fingerprint density at radius 1 is 1.22 bits per heavy atom. The monoisotopic (exact) mass is 310 g/mol. The number of rotatable bonds is 5. The molecule has 1 fully saturated rings. The van der Waals surface area contributed by atoms with E-state index in [1.165, 1.54) is 35.4 Å². The van der Waals surface area contributed by atoms with E-state index in [0.29, 0.717) is 18.5 Å². The molecule has 0 saturated heterocycles. The Kier molecular flexibility index (Phi) is 4.29. The average Bonchev–Trinajstić information content (AvgIpc) is 3.31. The van der Waals surface area contributed by atoms with E-state index in [0.717, 1.165) is 5.56 Å². The van der Waals surface area contributed by atoms with Crippen LogP contribution in [0.4, 0.5) is 0 Å². The van der Waals surface area contributed by atoms with Gasteiger partial charge in [-0.1, -0.05) is 26.0 Å². The fourth-order valence-electron chi connectivity index (χ4n) is 3.22. The third kappa shape index (κ3) is 3.34. The van der Waals surface area contributed by atoms with Gasteiger partial charge in [0.15, 0.2) is 0 Å². The highest BCUT2D eigenvalue weighted by Gasteiger charge is 2.26. The Bertz CT molecular complexity index is 706. The second kappa shape index (κ2) is 6.23. The van der Waals surface area contributed by atoms with Crippen LogP contribution in [0, 0.1) is 13.8 Å². The normalized spacial score (nSPS) is 14.3. The lowest BCUT2D eigenvalue weighted by molar-refractivity contribution is 0.0951. The van der Waals surface area contributed by atoms with Gasteiger partial charge in [0.2, 0.25) is 0 Å². The molecule has 1 aliphatic rings. The van der Waals surface area contributed by atoms with Crippen LogP contribution in [-0.4, -0.2) is 10.5 Å². The Morgan fingerprint density at radius 2 is 1.87 bits per heavy atom. The smallest absolute Gasteiger partial charge is 0.251 e. The fourth-order valence-corrected chi connectivity index (χ4v) is 3.22. The zero-order valence-electron chi connectivity index (χ0n) is 14.5. The molecular weight excluding hydrogens is 284 g/mol. The molecule has 1 amide bonds. The highest BCUT2D eigenvalue weighted by molar-refractivity contribution is 5.94. The second-order valence-corrected chi connectivity index (χ2v) is 6.96. The zero-order valence-corrected chi connectivity index (χ0v) is 14.5. The van der Waals surface area contributed by atoms with Crippen LogP contribution in [0.1, 0.15) is 71.5 Å². The topological polar surface area (TPSA) is 34.0 Å². The van der Waals surface area contributed by atoms with Gasteiger partial charge in [-0.25, -0.2) is 0 Å². The summed E-state index contributed by atoms with van der Waals surface area (Å²) < 4.78 is 2.42. The maximum Gasteiger partial charge on any atom is 0.251 e. The minimum absolute atomic E-state index is 0.00321. The number of amides is 1. The lowest BCUT2D eigenvalue weighted by atomic mass is 10.0. The van der Waals surface area contributed by atoms with Gasteiger partial charge in [-0.05, 0) is 61.9 Å². The van der Waals surface area contributed by atoms with Gasteiger partial charge >= 0.3 is 0 Å². The minimum Gasteiger partial charge on any atom is -0.348 e. The van der Waals surface area contributed by atoms with E-state index in [1.54, 1.807) is 0 Å². The Labute approximate surface area is 138 Å². The van der Waals surface area contributed by atoms with Crippen molar-refractivity contribution in [3.8, 4) is 0 Å². The van der Waals surface area contributed by atoms with Crippen molar-refractivity contribution in [2.75, 3.05) is 0 Å². The molecule has 23 heavy (non-hydrogen) atoms. The maximum atomic E-state index is 12.3. The lowest BCUT2D eigenvalue weighted by Gasteiger charge is -2.09. The van der Waals surface area contributed by atoms with E-state index >= 15 is 0 Å². The molecule has 0 bridgehead atoms. The summed E-state index contributed by atoms with van der Waals surface area (Å²) in [5, 5.41) is 3.05. The SMILES string of the molecule is Cc1cc(CNC(=O)c2ccc(C(C)C)cc2)c(C)n1C1CC1. The quantitative estimate of drug-likeness (QED) is 0.867. The summed E-state index contributed by atoms with van der Waals surface area (Å²) in [4.78, 5) is 12.3. The molecule has 3 rings (SSSR count). The van der Waals surface area contributed by atoms with Crippen molar-refractivity contribution in [2.45, 2.75) is 59.0 Å². The number of carbonyl (C=O) groups is 1. The summed E-state index contributed by atoms with van der Waals surface area (Å²) in [6.07, 6.45) is 2.56. The first-order chi connectivity index (χ1) is 11.0. The molecule has 3 heteroatoms. The number of aryl methyl sites for hydroxylation is 1. The number of nitrogens with one attached hydrogen (secondary N) is 1. The van der Waals surface area contributed by atoms with E-state index in [4.69, 9.17) is 0 Å². The molecule has 1 N–H and O–H groups in total. The van der Waals surface area contributed by atoms with Gasteiger partial charge in [-0.3, -0.25) is 4.79 Å². The van der Waals surface area contributed by atoms with Crippen molar-refractivity contribution >= 4 is 5.91 Å². The number of carbonyl (C=O) groups excluding carboxylic acids is 1. The molecule has 1 aliphatic carbocycles. The predicted molar refractivity (Wildman–Crippen MR) is 93.9 cm³/mol. The highest BCUT2D eigenvalue weighted by Crippen LogP contribution is 2.38. The van der Waals surface area contributed by atoms with Crippen molar-refractivity contribution in [3.63, 3.8) is 0 Å². The van der Waals surface area contributed by atoms with Gasteiger partial charge in [-0.2, -0.15) is 0 Å². The summed E-state index contributed by atoms with van der Waals surface area (Å²) >= 11 is 0. The maximum absolute atomic E-state index is 12.3. The van der Waals surface area contributed by atoms with E-state index in [1.807, 2.05) is 24.3 Å². The van der Waals surface area contributed by atoms with Gasteiger partial charge in [0, 0.05) is 29.5 Å². The standard InChI is InChI=1S/C20H26N2O/c1-13(2)16-5-7-17(8-6-16)20(23)21-12-18-11-14(3)22(15(18)4)19-9-10-19/h5-8,11,13,19H,9-10,12H2,1-4H3,(H,21,23). The van der Waals surface area contributed by atoms with Gasteiger partial charge < -0.3 is 9.88 Å². The van der Waals surface area contributed by atoms with Crippen LogP contribution in [-0.2, 0) is 6.54 Å². The lowest BCUT2D eigenvalue weighted by Crippen LogP contribution is -2.23. The molecule has 3 nitrogen and oxygen atoms in total. The van der Waals surface area contributed by atoms with E-state index in [2.05, 4.69) is 43.6 Å². The fraction of sp³-hybridized carbons (Fsp3) is 0.450. The summed E-state index contributed by atoms with van der Waals surface area (Å²) in [5.74, 6) is 0.483. The second-order valence-electron chi connectivity index (χ2n) is 6.96. The first-order valence-electron chi connectivity index (χ1n) is 8.53. The molecule has 0 unspecified atom stereocenters. The Morgan fingerprint density at radius 3 is 2.43 bits per heavy atom. The molecule has 0 aliphatic heterocycles. The highest BCUT2D eigenvalue weighted by atomic mass is 16.1. The molecule has 0 radical (unpaired) electrons. The van der Waals surface area contributed by atoms with E-state index < -0.39 is 0 Å². The summed E-state index contributed by atoms with van der Waals surface area (Å²) in [6.45, 7) is 9.22. The van der Waals surface area contributed by atoms with Crippen molar-refractivity contribution in [1.29, 1.82) is 0 Å². The summed E-state index contributed by atoms with van der Waals surface area (Å²) in [5.41, 5.74) is 5.80. The van der Waals surface area contributed by atoms with Crippen LogP contribution in [0.2, 0.25) is 0 Å². The van der Waals surface area contributed by atoms with Crippen LogP contribution in [0.3, 0.4) is 0 Å². The molecule has 0 atom stereocenters. The first kappa shape index (κ1) is 15.9. The van der Waals surface area contributed by atoms with Gasteiger partial charge in [0.05, 0.1) is 0 Å². The minimum atomic E-state index is -0.00321. The van der Waals surface area contributed by atoms with Crippen molar-refractivity contribution in [1.82, 2.24) is 9.88 Å². The van der Waals surface area contributed by atoms with Gasteiger partial charge in [0.1, 0.15) is 0 Å². The van der Waals surface area contributed by atoms with Crippen molar-refractivity contribution in [2.24, 2.45) is 0 Å². The van der Waals surface area contributed by atoms with Crippen LogP contribution in [0.5, 0.6) is 0 Å². The third-order valence-corrected chi connectivity index (χ3v) is 4.78. The Hall–Kier alpha value is -2.03. The third-order valence-electron chi connectivity index (χ3n) is 4.78. The summed E-state index contributed by atoms with van der Waals surface area (Å²) in [7, 11) is 0. The predicted octanol–water partition coefficient (Wildman–Crippen LogP) is 4.49. The van der Waals surface area contributed by atoms with Gasteiger partial charge in [0.25, 0.3) is 5.91 Å². The number of nitrogens with zero attached hydrogens (tertiary/aromatic N) is 1. The molecule has 1 heterocycles. The number of aromatic nitrogens is 1. The Balaban J connectivity index is 1.66. The van der Waals surface area contributed by atoms with Gasteiger partial charge in [-0.15, -0.1) is 0 Å².